The van der Waals surface area contributed by atoms with E-state index in [1.807, 2.05) is 0 Å². The van der Waals surface area contributed by atoms with Gasteiger partial charge in [0.1, 0.15) is 6.33 Å². The fourth-order valence-corrected chi connectivity index (χ4v) is 2.45. The maximum absolute atomic E-state index is 5.75. The molecule has 19 heavy (non-hydrogen) atoms. The summed E-state index contributed by atoms with van der Waals surface area (Å²) >= 11 is 0. The SMILES string of the molecule is COc1c(N)ncnc1NCC1CCN(C(C)C)C1. The van der Waals surface area contributed by atoms with E-state index in [1.165, 1.54) is 19.3 Å². The van der Waals surface area contributed by atoms with Crippen LogP contribution in [0, 0.1) is 5.92 Å². The Morgan fingerprint density at radius 3 is 2.95 bits per heavy atom. The molecule has 0 radical (unpaired) electrons. The smallest absolute Gasteiger partial charge is 0.203 e. The van der Waals surface area contributed by atoms with Gasteiger partial charge in [-0.2, -0.15) is 0 Å². The van der Waals surface area contributed by atoms with Crippen molar-refractivity contribution in [3.8, 4) is 5.75 Å². The lowest BCUT2D eigenvalue weighted by Gasteiger charge is -2.20. The number of methoxy groups -OCH3 is 1. The van der Waals surface area contributed by atoms with E-state index in [2.05, 4.69) is 34.0 Å². The highest BCUT2D eigenvalue weighted by Gasteiger charge is 2.24. The molecule has 6 nitrogen and oxygen atoms in total. The molecule has 106 valence electrons. The average Bonchev–Trinajstić information content (AvgIpc) is 2.85. The summed E-state index contributed by atoms with van der Waals surface area (Å²) in [5, 5.41) is 3.32. The second-order valence-corrected chi connectivity index (χ2v) is 5.27. The standard InChI is InChI=1S/C13H23N5O/c1-9(2)18-5-4-10(7-18)6-15-13-11(19-3)12(14)16-8-17-13/h8-10H,4-7H2,1-3H3,(H3,14,15,16,17). The van der Waals surface area contributed by atoms with Crippen LogP contribution in [0.15, 0.2) is 6.33 Å². The second-order valence-electron chi connectivity index (χ2n) is 5.27. The van der Waals surface area contributed by atoms with Gasteiger partial charge in [0.15, 0.2) is 11.6 Å². The topological polar surface area (TPSA) is 76.3 Å². The van der Waals surface area contributed by atoms with Crippen LogP contribution in [0.25, 0.3) is 0 Å². The third kappa shape index (κ3) is 3.26. The van der Waals surface area contributed by atoms with E-state index in [4.69, 9.17) is 10.5 Å². The third-order valence-electron chi connectivity index (χ3n) is 3.64. The molecule has 0 saturated carbocycles. The number of aromatic nitrogens is 2. The summed E-state index contributed by atoms with van der Waals surface area (Å²) in [6, 6.07) is 0.620. The highest BCUT2D eigenvalue weighted by Crippen LogP contribution is 2.27. The maximum atomic E-state index is 5.75. The van der Waals surface area contributed by atoms with E-state index in [9.17, 15) is 0 Å². The van der Waals surface area contributed by atoms with Crippen LogP contribution in [0.4, 0.5) is 11.6 Å². The number of nitrogens with one attached hydrogen (secondary N) is 1. The van der Waals surface area contributed by atoms with Crippen molar-refractivity contribution in [3.63, 3.8) is 0 Å². The van der Waals surface area contributed by atoms with Crippen molar-refractivity contribution in [1.82, 2.24) is 14.9 Å². The molecule has 0 amide bonds. The van der Waals surface area contributed by atoms with Crippen LogP contribution < -0.4 is 15.8 Å². The second kappa shape index (κ2) is 6.06. The number of anilines is 2. The molecule has 1 fully saturated rings. The summed E-state index contributed by atoms with van der Waals surface area (Å²) in [4.78, 5) is 10.6. The molecule has 1 aromatic rings. The molecule has 1 aromatic heterocycles. The molecule has 1 saturated heterocycles. The van der Waals surface area contributed by atoms with Crippen molar-refractivity contribution in [1.29, 1.82) is 0 Å². The number of hydrogen-bond donors (Lipinski definition) is 2. The van der Waals surface area contributed by atoms with Crippen LogP contribution in [0.2, 0.25) is 0 Å². The van der Waals surface area contributed by atoms with Gasteiger partial charge in [0.05, 0.1) is 7.11 Å². The van der Waals surface area contributed by atoms with E-state index >= 15 is 0 Å². The van der Waals surface area contributed by atoms with Crippen LogP contribution in [0.5, 0.6) is 5.75 Å². The minimum absolute atomic E-state index is 0.371. The molecule has 1 aliphatic rings. The first kappa shape index (κ1) is 13.9. The van der Waals surface area contributed by atoms with Crippen LogP contribution in [-0.2, 0) is 0 Å². The van der Waals surface area contributed by atoms with Gasteiger partial charge in [-0.05, 0) is 32.7 Å². The lowest BCUT2D eigenvalue weighted by Crippen LogP contribution is -2.29. The van der Waals surface area contributed by atoms with Crippen molar-refractivity contribution >= 4 is 11.6 Å². The first-order chi connectivity index (χ1) is 9.11. The fraction of sp³-hybridized carbons (Fsp3) is 0.692. The van der Waals surface area contributed by atoms with E-state index in [-0.39, 0.29) is 0 Å². The number of rotatable bonds is 5. The highest BCUT2D eigenvalue weighted by molar-refractivity contribution is 5.61. The number of nitrogen functional groups attached to an aromatic ring is 1. The Balaban J connectivity index is 1.91. The van der Waals surface area contributed by atoms with Gasteiger partial charge in [-0.3, -0.25) is 0 Å². The lowest BCUT2D eigenvalue weighted by atomic mass is 10.1. The molecule has 1 atom stereocenters. The molecular formula is C13H23N5O. The van der Waals surface area contributed by atoms with Crippen molar-refractivity contribution in [2.45, 2.75) is 26.3 Å². The monoisotopic (exact) mass is 265 g/mol. The summed E-state index contributed by atoms with van der Waals surface area (Å²) in [6.07, 6.45) is 2.67. The third-order valence-corrected chi connectivity index (χ3v) is 3.64. The molecule has 2 heterocycles. The molecule has 3 N–H and O–H groups in total. The van der Waals surface area contributed by atoms with E-state index in [1.54, 1.807) is 7.11 Å². The highest BCUT2D eigenvalue weighted by atomic mass is 16.5. The molecule has 1 unspecified atom stereocenters. The maximum Gasteiger partial charge on any atom is 0.203 e. The molecule has 0 spiro atoms. The molecule has 0 aliphatic carbocycles. The Kier molecular flexibility index (Phi) is 4.42. The van der Waals surface area contributed by atoms with Crippen molar-refractivity contribution in [3.05, 3.63) is 6.33 Å². The predicted molar refractivity (Wildman–Crippen MR) is 76.3 cm³/mol. The minimum atomic E-state index is 0.371. The van der Waals surface area contributed by atoms with Crippen molar-refractivity contribution in [2.75, 3.05) is 37.8 Å². The van der Waals surface area contributed by atoms with E-state index < -0.39 is 0 Å². The Labute approximate surface area is 114 Å². The van der Waals surface area contributed by atoms with Crippen LogP contribution in [-0.4, -0.2) is 47.7 Å². The van der Waals surface area contributed by atoms with Crippen molar-refractivity contribution in [2.24, 2.45) is 5.92 Å². The van der Waals surface area contributed by atoms with E-state index in [0.29, 0.717) is 29.3 Å². The van der Waals surface area contributed by atoms with E-state index in [0.717, 1.165) is 13.1 Å². The molecule has 0 aromatic carbocycles. The van der Waals surface area contributed by atoms with Gasteiger partial charge in [0, 0.05) is 19.1 Å². The Morgan fingerprint density at radius 1 is 1.53 bits per heavy atom. The molecule has 0 bridgehead atoms. The molecular weight excluding hydrogens is 242 g/mol. The zero-order valence-corrected chi connectivity index (χ0v) is 11.9. The van der Waals surface area contributed by atoms with Gasteiger partial charge >= 0.3 is 0 Å². The number of likely N-dealkylation sites (tertiary alicyclic amines) is 1. The normalized spacial score (nSPS) is 19.9. The largest absolute Gasteiger partial charge is 0.490 e. The van der Waals surface area contributed by atoms with Crippen molar-refractivity contribution < 1.29 is 4.74 Å². The summed E-state index contributed by atoms with van der Waals surface area (Å²) in [5.41, 5.74) is 5.75. The van der Waals surface area contributed by atoms with Crippen LogP contribution >= 0.6 is 0 Å². The van der Waals surface area contributed by atoms with Crippen LogP contribution in [0.1, 0.15) is 20.3 Å². The number of nitrogens with zero attached hydrogens (tertiary/aromatic N) is 3. The number of nitrogens with two attached hydrogens (primary N) is 1. The zero-order valence-electron chi connectivity index (χ0n) is 11.9. The first-order valence-corrected chi connectivity index (χ1v) is 6.74. The lowest BCUT2D eigenvalue weighted by molar-refractivity contribution is 0.266. The van der Waals surface area contributed by atoms with Gasteiger partial charge in [-0.15, -0.1) is 0 Å². The predicted octanol–water partition coefficient (Wildman–Crippen LogP) is 1.21. The zero-order chi connectivity index (χ0) is 13.8. The number of hydrogen-bond acceptors (Lipinski definition) is 6. The van der Waals surface area contributed by atoms with Gasteiger partial charge < -0.3 is 20.7 Å². The fourth-order valence-electron chi connectivity index (χ4n) is 2.45. The Hall–Kier alpha value is -1.56. The average molecular weight is 265 g/mol. The van der Waals surface area contributed by atoms with Crippen LogP contribution in [0.3, 0.4) is 0 Å². The minimum Gasteiger partial charge on any atom is -0.490 e. The number of ether oxygens (including phenoxy) is 1. The first-order valence-electron chi connectivity index (χ1n) is 6.74. The van der Waals surface area contributed by atoms with Gasteiger partial charge in [-0.1, -0.05) is 0 Å². The molecule has 1 aliphatic heterocycles. The Bertz CT molecular complexity index is 423. The molecule has 6 heteroatoms. The Morgan fingerprint density at radius 2 is 2.32 bits per heavy atom. The van der Waals surface area contributed by atoms with Gasteiger partial charge in [-0.25, -0.2) is 9.97 Å². The van der Waals surface area contributed by atoms with Gasteiger partial charge in [0.25, 0.3) is 0 Å². The molecule has 2 rings (SSSR count). The summed E-state index contributed by atoms with van der Waals surface area (Å²) < 4.78 is 5.23. The summed E-state index contributed by atoms with van der Waals surface area (Å²) in [6.45, 7) is 7.67. The quantitative estimate of drug-likeness (QED) is 0.833. The summed E-state index contributed by atoms with van der Waals surface area (Å²) in [5.74, 6) is 2.22. The van der Waals surface area contributed by atoms with Gasteiger partial charge in [0.2, 0.25) is 5.75 Å². The summed E-state index contributed by atoms with van der Waals surface area (Å²) in [7, 11) is 1.58.